The number of thiophene rings is 1. The fourth-order valence-electron chi connectivity index (χ4n) is 3.64. The van der Waals surface area contributed by atoms with Gasteiger partial charge in [-0.05, 0) is 43.2 Å². The van der Waals surface area contributed by atoms with Gasteiger partial charge in [-0.1, -0.05) is 0 Å². The van der Waals surface area contributed by atoms with Crippen molar-refractivity contribution in [1.29, 1.82) is 0 Å². The lowest BCUT2D eigenvalue weighted by Crippen LogP contribution is -2.50. The summed E-state index contributed by atoms with van der Waals surface area (Å²) in [5, 5.41) is 9.12. The molecule has 8 heteroatoms. The van der Waals surface area contributed by atoms with Crippen LogP contribution in [-0.4, -0.2) is 74.3 Å². The summed E-state index contributed by atoms with van der Waals surface area (Å²) in [6, 6.07) is 2.59. The van der Waals surface area contributed by atoms with Gasteiger partial charge in [0, 0.05) is 57.2 Å². The molecule has 7 nitrogen and oxygen atoms in total. The van der Waals surface area contributed by atoms with Gasteiger partial charge in [-0.2, -0.15) is 0 Å². The van der Waals surface area contributed by atoms with Crippen LogP contribution in [0.5, 0.6) is 0 Å². The van der Waals surface area contributed by atoms with Crippen molar-refractivity contribution in [3.8, 4) is 0 Å². The minimum Gasteiger partial charge on any atom is -0.450 e. The Morgan fingerprint density at radius 1 is 1.37 bits per heavy atom. The summed E-state index contributed by atoms with van der Waals surface area (Å²) >= 11 is 1.88. The SMILES string of the molecule is CCOC(=O)N1CCC(NC(=NC)NCCN2CCc3sccc3C2)CC1. The van der Waals surface area contributed by atoms with Gasteiger partial charge in [-0.3, -0.25) is 9.89 Å². The molecule has 1 aromatic rings. The average molecular weight is 394 g/mol. The monoisotopic (exact) mass is 393 g/mol. The third kappa shape index (κ3) is 5.59. The van der Waals surface area contributed by atoms with E-state index in [9.17, 15) is 4.79 Å². The summed E-state index contributed by atoms with van der Waals surface area (Å²) in [5.41, 5.74) is 1.49. The number of hydrogen-bond donors (Lipinski definition) is 2. The van der Waals surface area contributed by atoms with Crippen molar-refractivity contribution in [2.24, 2.45) is 4.99 Å². The maximum atomic E-state index is 11.8. The number of hydrogen-bond acceptors (Lipinski definition) is 5. The maximum absolute atomic E-state index is 11.8. The Bertz CT molecular complexity index is 640. The Morgan fingerprint density at radius 2 is 2.19 bits per heavy atom. The molecule has 0 spiro atoms. The topological polar surface area (TPSA) is 69.2 Å². The number of ether oxygens (including phenoxy) is 1. The van der Waals surface area contributed by atoms with Gasteiger partial charge in [-0.15, -0.1) is 11.3 Å². The van der Waals surface area contributed by atoms with Crippen molar-refractivity contribution >= 4 is 23.4 Å². The maximum Gasteiger partial charge on any atom is 0.409 e. The highest BCUT2D eigenvalue weighted by Crippen LogP contribution is 2.23. The fourth-order valence-corrected chi connectivity index (χ4v) is 4.53. The van der Waals surface area contributed by atoms with E-state index in [-0.39, 0.29) is 6.09 Å². The van der Waals surface area contributed by atoms with Gasteiger partial charge in [0.25, 0.3) is 0 Å². The van der Waals surface area contributed by atoms with E-state index in [1.165, 1.54) is 12.0 Å². The molecule has 0 radical (unpaired) electrons. The molecule has 0 atom stereocenters. The molecular weight excluding hydrogens is 362 g/mol. The highest BCUT2D eigenvalue weighted by molar-refractivity contribution is 7.10. The quantitative estimate of drug-likeness (QED) is 0.591. The van der Waals surface area contributed by atoms with Crippen LogP contribution in [-0.2, 0) is 17.7 Å². The van der Waals surface area contributed by atoms with E-state index >= 15 is 0 Å². The minimum absolute atomic E-state index is 0.200. The first kappa shape index (κ1) is 19.9. The van der Waals surface area contributed by atoms with E-state index in [0.717, 1.165) is 58.1 Å². The number of rotatable bonds is 5. The van der Waals surface area contributed by atoms with Crippen LogP contribution in [0.25, 0.3) is 0 Å². The van der Waals surface area contributed by atoms with Gasteiger partial charge in [0.1, 0.15) is 0 Å². The molecule has 0 aromatic carbocycles. The Hall–Kier alpha value is -1.80. The van der Waals surface area contributed by atoms with Gasteiger partial charge in [-0.25, -0.2) is 4.79 Å². The number of guanidine groups is 1. The second kappa shape index (κ2) is 9.94. The van der Waals surface area contributed by atoms with Gasteiger partial charge >= 0.3 is 6.09 Å². The van der Waals surface area contributed by atoms with Crippen LogP contribution >= 0.6 is 11.3 Å². The first-order valence-electron chi connectivity index (χ1n) is 9.86. The fraction of sp³-hybridized carbons (Fsp3) is 0.684. The number of amides is 1. The van der Waals surface area contributed by atoms with Gasteiger partial charge in [0.15, 0.2) is 5.96 Å². The lowest BCUT2D eigenvalue weighted by Gasteiger charge is -2.32. The van der Waals surface area contributed by atoms with Crippen LogP contribution in [0, 0.1) is 0 Å². The van der Waals surface area contributed by atoms with Crippen molar-refractivity contribution < 1.29 is 9.53 Å². The third-order valence-electron chi connectivity index (χ3n) is 5.19. The van der Waals surface area contributed by atoms with Crippen molar-refractivity contribution in [1.82, 2.24) is 20.4 Å². The van der Waals surface area contributed by atoms with E-state index in [1.807, 2.05) is 25.3 Å². The number of nitrogens with zero attached hydrogens (tertiary/aromatic N) is 3. The summed E-state index contributed by atoms with van der Waals surface area (Å²) in [6.45, 7) is 7.79. The van der Waals surface area contributed by atoms with Crippen LogP contribution in [0.2, 0.25) is 0 Å². The molecule has 2 N–H and O–H groups in total. The molecule has 2 aliphatic heterocycles. The molecule has 3 heterocycles. The van der Waals surface area contributed by atoms with Crippen LogP contribution in [0.15, 0.2) is 16.4 Å². The standard InChI is InChI=1S/C19H31N5O2S/c1-3-26-19(25)24-10-4-16(5-11-24)22-18(20-2)21-8-12-23-9-6-17-15(14-23)7-13-27-17/h7,13,16H,3-6,8-12,14H2,1-2H3,(H2,20,21,22). The smallest absolute Gasteiger partial charge is 0.409 e. The summed E-state index contributed by atoms with van der Waals surface area (Å²) in [5.74, 6) is 0.845. The van der Waals surface area contributed by atoms with Crippen LogP contribution < -0.4 is 10.6 Å². The normalized spacial score (nSPS) is 18.9. The second-order valence-electron chi connectivity index (χ2n) is 7.00. The molecule has 2 aliphatic rings. The molecule has 1 saturated heterocycles. The summed E-state index contributed by atoms with van der Waals surface area (Å²) in [4.78, 5) is 22.0. The van der Waals surface area contributed by atoms with E-state index < -0.39 is 0 Å². The molecular formula is C19H31N5O2S. The molecule has 1 fully saturated rings. The number of aliphatic imine (C=N–C) groups is 1. The highest BCUT2D eigenvalue weighted by Gasteiger charge is 2.24. The van der Waals surface area contributed by atoms with Crippen molar-refractivity contribution in [2.45, 2.75) is 38.8 Å². The van der Waals surface area contributed by atoms with Crippen molar-refractivity contribution in [3.63, 3.8) is 0 Å². The van der Waals surface area contributed by atoms with Crippen LogP contribution in [0.3, 0.4) is 0 Å². The number of carbonyl (C=O) groups is 1. The zero-order valence-electron chi connectivity index (χ0n) is 16.4. The number of carbonyl (C=O) groups excluding carboxylic acids is 1. The summed E-state index contributed by atoms with van der Waals surface area (Å²) in [6.07, 6.45) is 2.78. The predicted octanol–water partition coefficient (Wildman–Crippen LogP) is 1.89. The first-order chi connectivity index (χ1) is 13.2. The molecule has 0 aliphatic carbocycles. The molecule has 1 aromatic heterocycles. The van der Waals surface area contributed by atoms with Crippen molar-refractivity contribution in [3.05, 3.63) is 21.9 Å². The Morgan fingerprint density at radius 3 is 2.93 bits per heavy atom. The molecule has 0 bridgehead atoms. The minimum atomic E-state index is -0.200. The lowest BCUT2D eigenvalue weighted by molar-refractivity contribution is 0.0963. The summed E-state index contributed by atoms with van der Waals surface area (Å²) < 4.78 is 5.07. The molecule has 0 unspecified atom stereocenters. The van der Waals surface area contributed by atoms with Crippen LogP contribution in [0.4, 0.5) is 4.79 Å². The Kier molecular flexibility index (Phi) is 7.34. The first-order valence-corrected chi connectivity index (χ1v) is 10.7. The number of likely N-dealkylation sites (tertiary alicyclic amines) is 1. The van der Waals surface area contributed by atoms with Gasteiger partial charge < -0.3 is 20.3 Å². The average Bonchev–Trinajstić information content (AvgIpc) is 3.15. The Balaban J connectivity index is 1.35. The zero-order chi connectivity index (χ0) is 19.1. The molecule has 1 amide bonds. The van der Waals surface area contributed by atoms with Gasteiger partial charge in [0.05, 0.1) is 6.61 Å². The predicted molar refractivity (Wildman–Crippen MR) is 109 cm³/mol. The lowest BCUT2D eigenvalue weighted by atomic mass is 10.1. The highest BCUT2D eigenvalue weighted by atomic mass is 32.1. The van der Waals surface area contributed by atoms with E-state index in [0.29, 0.717) is 12.6 Å². The van der Waals surface area contributed by atoms with E-state index in [2.05, 4.69) is 32.0 Å². The molecule has 3 rings (SSSR count). The third-order valence-corrected chi connectivity index (χ3v) is 6.22. The number of fused-ring (bicyclic) bond motifs is 1. The van der Waals surface area contributed by atoms with E-state index in [4.69, 9.17) is 4.74 Å². The summed E-state index contributed by atoms with van der Waals surface area (Å²) in [7, 11) is 1.81. The number of piperidine rings is 1. The van der Waals surface area contributed by atoms with E-state index in [1.54, 1.807) is 9.78 Å². The van der Waals surface area contributed by atoms with Crippen LogP contribution in [0.1, 0.15) is 30.2 Å². The van der Waals surface area contributed by atoms with Gasteiger partial charge in [0.2, 0.25) is 0 Å². The Labute approximate surface area is 165 Å². The molecule has 150 valence electrons. The molecule has 0 saturated carbocycles. The second-order valence-corrected chi connectivity index (χ2v) is 8.00. The largest absolute Gasteiger partial charge is 0.450 e. The number of nitrogens with one attached hydrogen (secondary N) is 2. The molecule has 27 heavy (non-hydrogen) atoms. The zero-order valence-corrected chi connectivity index (χ0v) is 17.2. The van der Waals surface area contributed by atoms with Crippen molar-refractivity contribution in [2.75, 3.05) is 46.4 Å².